The Kier molecular flexibility index (Phi) is 12.7. The number of guanidine groups is 1. The fourth-order valence-electron chi connectivity index (χ4n) is 3.45. The molecule has 0 saturated carbocycles. The SMILES string of the molecule is CN=C(NCCCc1ccc(C(C)C)cc1)NCCN1CCCN(C)CC1.I. The Morgan fingerprint density at radius 1 is 1.04 bits per heavy atom. The largest absolute Gasteiger partial charge is 0.356 e. The molecule has 0 radical (unpaired) electrons. The highest BCUT2D eigenvalue weighted by Gasteiger charge is 2.11. The van der Waals surface area contributed by atoms with Gasteiger partial charge < -0.3 is 20.4 Å². The minimum atomic E-state index is 0. The average molecular weight is 502 g/mol. The standard InChI is InChI=1S/C22H39N5.HI/c1-19(2)21-10-8-20(9-11-21)7-5-12-24-22(23-3)25-13-16-27-15-6-14-26(4)17-18-27;/h8-11,19H,5-7,12-18H2,1-4H3,(H2,23,24,25);1H. The molecule has 1 aromatic rings. The van der Waals surface area contributed by atoms with Crippen molar-refractivity contribution in [1.82, 2.24) is 20.4 Å². The Morgan fingerprint density at radius 3 is 2.43 bits per heavy atom. The number of halogens is 1. The van der Waals surface area contributed by atoms with Gasteiger partial charge in [0.1, 0.15) is 0 Å². The van der Waals surface area contributed by atoms with Crippen LogP contribution >= 0.6 is 24.0 Å². The summed E-state index contributed by atoms with van der Waals surface area (Å²) in [6.07, 6.45) is 3.48. The molecule has 1 saturated heterocycles. The predicted molar refractivity (Wildman–Crippen MR) is 132 cm³/mol. The van der Waals surface area contributed by atoms with Gasteiger partial charge in [0.25, 0.3) is 0 Å². The number of rotatable bonds is 8. The number of likely N-dealkylation sites (N-methyl/N-ethyl adjacent to an activating group) is 1. The second-order valence-electron chi connectivity index (χ2n) is 7.92. The van der Waals surface area contributed by atoms with Crippen LogP contribution in [0.4, 0.5) is 0 Å². The summed E-state index contributed by atoms with van der Waals surface area (Å²) in [4.78, 5) is 9.31. The van der Waals surface area contributed by atoms with Gasteiger partial charge in [-0.05, 0) is 56.4 Å². The molecule has 0 bridgehead atoms. The summed E-state index contributed by atoms with van der Waals surface area (Å²) < 4.78 is 0. The van der Waals surface area contributed by atoms with Crippen LogP contribution in [0.1, 0.15) is 43.7 Å². The molecule has 1 aromatic carbocycles. The molecule has 1 aliphatic rings. The molecule has 2 rings (SSSR count). The predicted octanol–water partition coefficient (Wildman–Crippen LogP) is 3.16. The summed E-state index contributed by atoms with van der Waals surface area (Å²) in [5.74, 6) is 1.52. The summed E-state index contributed by atoms with van der Waals surface area (Å²) in [7, 11) is 4.06. The van der Waals surface area contributed by atoms with E-state index in [4.69, 9.17) is 0 Å². The van der Waals surface area contributed by atoms with E-state index in [1.807, 2.05) is 7.05 Å². The lowest BCUT2D eigenvalue weighted by Crippen LogP contribution is -2.42. The van der Waals surface area contributed by atoms with Gasteiger partial charge in [0, 0.05) is 39.8 Å². The Morgan fingerprint density at radius 2 is 1.75 bits per heavy atom. The number of hydrogen-bond acceptors (Lipinski definition) is 3. The Balaban J connectivity index is 0.00000392. The highest BCUT2D eigenvalue weighted by Crippen LogP contribution is 2.15. The molecular weight excluding hydrogens is 461 g/mol. The van der Waals surface area contributed by atoms with Crippen LogP contribution in [0.2, 0.25) is 0 Å². The number of benzene rings is 1. The van der Waals surface area contributed by atoms with Crippen molar-refractivity contribution >= 4 is 29.9 Å². The second kappa shape index (κ2) is 14.2. The fourth-order valence-corrected chi connectivity index (χ4v) is 3.45. The number of nitrogens with zero attached hydrogens (tertiary/aromatic N) is 3. The third-order valence-corrected chi connectivity index (χ3v) is 5.34. The fraction of sp³-hybridized carbons (Fsp3) is 0.682. The molecule has 28 heavy (non-hydrogen) atoms. The molecule has 0 atom stereocenters. The minimum absolute atomic E-state index is 0. The third kappa shape index (κ3) is 9.56. The highest BCUT2D eigenvalue weighted by molar-refractivity contribution is 14.0. The van der Waals surface area contributed by atoms with Gasteiger partial charge in [0.2, 0.25) is 0 Å². The van der Waals surface area contributed by atoms with Gasteiger partial charge in [-0.3, -0.25) is 4.99 Å². The number of aliphatic imine (C=N–C) groups is 1. The van der Waals surface area contributed by atoms with Crippen LogP contribution in [0.5, 0.6) is 0 Å². The van der Waals surface area contributed by atoms with Crippen LogP contribution in [-0.4, -0.2) is 75.7 Å². The first-order chi connectivity index (χ1) is 13.1. The van der Waals surface area contributed by atoms with E-state index in [1.165, 1.54) is 43.7 Å². The van der Waals surface area contributed by atoms with Crippen molar-refractivity contribution in [2.45, 2.75) is 39.0 Å². The smallest absolute Gasteiger partial charge is 0.191 e. The summed E-state index contributed by atoms with van der Waals surface area (Å²) in [5.41, 5.74) is 2.83. The first kappa shape index (κ1) is 25.2. The van der Waals surface area contributed by atoms with Crippen molar-refractivity contribution in [2.24, 2.45) is 4.99 Å². The van der Waals surface area contributed by atoms with Gasteiger partial charge >= 0.3 is 0 Å². The topological polar surface area (TPSA) is 42.9 Å². The molecular formula is C22H40IN5. The number of aryl methyl sites for hydroxylation is 1. The van der Waals surface area contributed by atoms with Gasteiger partial charge in [0.05, 0.1) is 0 Å². The summed E-state index contributed by atoms with van der Waals surface area (Å²) >= 11 is 0. The molecule has 0 unspecified atom stereocenters. The van der Waals surface area contributed by atoms with E-state index in [9.17, 15) is 0 Å². The van der Waals surface area contributed by atoms with Crippen molar-refractivity contribution in [1.29, 1.82) is 0 Å². The first-order valence-corrected chi connectivity index (χ1v) is 10.5. The zero-order chi connectivity index (χ0) is 19.5. The lowest BCUT2D eigenvalue weighted by atomic mass is 10.0. The zero-order valence-electron chi connectivity index (χ0n) is 18.2. The lowest BCUT2D eigenvalue weighted by molar-refractivity contribution is 0.280. The van der Waals surface area contributed by atoms with Crippen LogP contribution in [-0.2, 0) is 6.42 Å². The van der Waals surface area contributed by atoms with Gasteiger partial charge in [0.15, 0.2) is 5.96 Å². The molecule has 0 aromatic heterocycles. The average Bonchev–Trinajstić information content (AvgIpc) is 2.88. The molecule has 2 N–H and O–H groups in total. The summed E-state index contributed by atoms with van der Waals surface area (Å²) in [5, 5.41) is 6.89. The third-order valence-electron chi connectivity index (χ3n) is 5.34. The zero-order valence-corrected chi connectivity index (χ0v) is 20.5. The maximum absolute atomic E-state index is 4.34. The molecule has 1 aliphatic heterocycles. The van der Waals surface area contributed by atoms with E-state index in [0.717, 1.165) is 38.4 Å². The second-order valence-corrected chi connectivity index (χ2v) is 7.92. The van der Waals surface area contributed by atoms with Gasteiger partial charge in [-0.2, -0.15) is 0 Å². The molecule has 1 fully saturated rings. The van der Waals surface area contributed by atoms with Crippen LogP contribution in [0.3, 0.4) is 0 Å². The Labute approximate surface area is 189 Å². The Hall–Kier alpha value is -0.860. The van der Waals surface area contributed by atoms with Crippen LogP contribution in [0.25, 0.3) is 0 Å². The molecule has 0 amide bonds. The monoisotopic (exact) mass is 501 g/mol. The maximum atomic E-state index is 4.34. The van der Waals surface area contributed by atoms with Crippen LogP contribution < -0.4 is 10.6 Å². The van der Waals surface area contributed by atoms with Crippen molar-refractivity contribution in [3.8, 4) is 0 Å². The van der Waals surface area contributed by atoms with Crippen LogP contribution in [0.15, 0.2) is 29.3 Å². The molecule has 5 nitrogen and oxygen atoms in total. The molecule has 160 valence electrons. The first-order valence-electron chi connectivity index (χ1n) is 10.5. The number of nitrogens with one attached hydrogen (secondary N) is 2. The van der Waals surface area contributed by atoms with E-state index in [2.05, 4.69) is 70.6 Å². The molecule has 1 heterocycles. The quantitative estimate of drug-likeness (QED) is 0.249. The van der Waals surface area contributed by atoms with E-state index >= 15 is 0 Å². The lowest BCUT2D eigenvalue weighted by Gasteiger charge is -2.21. The van der Waals surface area contributed by atoms with Crippen LogP contribution in [0, 0.1) is 0 Å². The van der Waals surface area contributed by atoms with Crippen molar-refractivity contribution < 1.29 is 0 Å². The maximum Gasteiger partial charge on any atom is 0.191 e. The minimum Gasteiger partial charge on any atom is -0.356 e. The highest BCUT2D eigenvalue weighted by atomic mass is 127. The van der Waals surface area contributed by atoms with Crippen molar-refractivity contribution in [3.63, 3.8) is 0 Å². The van der Waals surface area contributed by atoms with Gasteiger partial charge in [-0.1, -0.05) is 38.1 Å². The molecule has 0 spiro atoms. The van der Waals surface area contributed by atoms with Crippen molar-refractivity contribution in [2.75, 3.05) is 59.9 Å². The van der Waals surface area contributed by atoms with E-state index in [0.29, 0.717) is 5.92 Å². The van der Waals surface area contributed by atoms with Gasteiger partial charge in [-0.15, -0.1) is 24.0 Å². The number of hydrogen-bond donors (Lipinski definition) is 2. The van der Waals surface area contributed by atoms with E-state index < -0.39 is 0 Å². The summed E-state index contributed by atoms with van der Waals surface area (Å²) in [6, 6.07) is 9.05. The molecule has 0 aliphatic carbocycles. The molecule has 6 heteroatoms. The Bertz CT molecular complexity index is 559. The van der Waals surface area contributed by atoms with E-state index in [1.54, 1.807) is 0 Å². The normalized spacial score (nSPS) is 16.5. The van der Waals surface area contributed by atoms with E-state index in [-0.39, 0.29) is 24.0 Å². The van der Waals surface area contributed by atoms with Crippen molar-refractivity contribution in [3.05, 3.63) is 35.4 Å². The summed E-state index contributed by atoms with van der Waals surface area (Å²) in [6.45, 7) is 12.2. The van der Waals surface area contributed by atoms with Gasteiger partial charge in [-0.25, -0.2) is 0 Å².